The smallest absolute Gasteiger partial charge is 0.342 e. The number of carbonyl (C=O) groups is 1. The molecular formula is C20H23NO2. The summed E-state index contributed by atoms with van der Waals surface area (Å²) in [6.07, 6.45) is 0. The molecule has 120 valence electrons. The zero-order valence-corrected chi connectivity index (χ0v) is 14.6. The molecule has 3 heteroatoms. The monoisotopic (exact) mass is 309 g/mol. The molecule has 3 rings (SSSR count). The van der Waals surface area contributed by atoms with Gasteiger partial charge in [-0.1, -0.05) is 17.7 Å². The van der Waals surface area contributed by atoms with Crippen LogP contribution in [0.2, 0.25) is 0 Å². The largest absolute Gasteiger partial charge is 0.431 e. The zero-order chi connectivity index (χ0) is 16.9. The van der Waals surface area contributed by atoms with E-state index in [1.807, 2.05) is 26.0 Å². The van der Waals surface area contributed by atoms with Crippen molar-refractivity contribution >= 4 is 11.7 Å². The number of carbonyl (C=O) groups excluding carboxylic acids is 1. The molecule has 1 aliphatic rings. The van der Waals surface area contributed by atoms with Crippen LogP contribution >= 0.6 is 0 Å². The van der Waals surface area contributed by atoms with Gasteiger partial charge in [0.15, 0.2) is 0 Å². The summed E-state index contributed by atoms with van der Waals surface area (Å²) in [6.45, 7) is 12.2. The van der Waals surface area contributed by atoms with Gasteiger partial charge in [-0.25, -0.2) is 4.79 Å². The molecule has 1 atom stereocenters. The molecule has 3 nitrogen and oxygen atoms in total. The molecule has 0 spiro atoms. The van der Waals surface area contributed by atoms with Crippen molar-refractivity contribution in [2.24, 2.45) is 0 Å². The van der Waals surface area contributed by atoms with Crippen molar-refractivity contribution in [2.45, 2.75) is 47.3 Å². The number of benzene rings is 2. The van der Waals surface area contributed by atoms with Crippen LogP contribution < -0.4 is 5.32 Å². The predicted octanol–water partition coefficient (Wildman–Crippen LogP) is 4.68. The predicted molar refractivity (Wildman–Crippen MR) is 93.0 cm³/mol. The second kappa shape index (κ2) is 5.12. The van der Waals surface area contributed by atoms with Crippen LogP contribution in [0.4, 0.5) is 5.69 Å². The van der Waals surface area contributed by atoms with E-state index in [2.05, 4.69) is 45.1 Å². The molecule has 1 unspecified atom stereocenters. The number of esters is 1. The molecule has 0 fully saturated rings. The molecule has 2 aromatic rings. The Kier molecular flexibility index (Phi) is 3.47. The highest BCUT2D eigenvalue weighted by Crippen LogP contribution is 2.39. The molecule has 2 aromatic carbocycles. The maximum atomic E-state index is 12.6. The molecule has 0 aliphatic carbocycles. The van der Waals surface area contributed by atoms with E-state index in [9.17, 15) is 4.79 Å². The fourth-order valence-electron chi connectivity index (χ4n) is 3.66. The number of cyclic esters (lactones) is 1. The Bertz CT molecular complexity index is 800. The summed E-state index contributed by atoms with van der Waals surface area (Å²) in [5.74, 6) is -0.274. The van der Waals surface area contributed by atoms with Gasteiger partial charge >= 0.3 is 5.97 Å². The summed E-state index contributed by atoms with van der Waals surface area (Å²) in [5.41, 5.74) is 7.32. The lowest BCUT2D eigenvalue weighted by Crippen LogP contribution is -2.42. The number of rotatable bonds is 1. The normalized spacial score (nSPS) is 19.8. The average molecular weight is 309 g/mol. The van der Waals surface area contributed by atoms with Gasteiger partial charge in [-0.2, -0.15) is 0 Å². The lowest BCUT2D eigenvalue weighted by atomic mass is 9.90. The van der Waals surface area contributed by atoms with Gasteiger partial charge in [0.05, 0.1) is 11.3 Å². The number of hydrogen-bond donors (Lipinski definition) is 1. The van der Waals surface area contributed by atoms with Gasteiger partial charge in [0.1, 0.15) is 0 Å². The second-order valence-electron chi connectivity index (χ2n) is 6.80. The fourth-order valence-corrected chi connectivity index (χ4v) is 3.66. The van der Waals surface area contributed by atoms with E-state index in [-0.39, 0.29) is 5.97 Å². The summed E-state index contributed by atoms with van der Waals surface area (Å²) in [7, 11) is 0. The van der Waals surface area contributed by atoms with E-state index < -0.39 is 5.72 Å². The van der Waals surface area contributed by atoms with Crippen LogP contribution in [0.1, 0.15) is 50.7 Å². The van der Waals surface area contributed by atoms with Crippen molar-refractivity contribution in [2.75, 3.05) is 5.32 Å². The third-order valence-electron chi connectivity index (χ3n) is 4.68. The first-order valence-corrected chi connectivity index (χ1v) is 7.92. The van der Waals surface area contributed by atoms with E-state index in [1.165, 1.54) is 5.56 Å². The van der Waals surface area contributed by atoms with Crippen molar-refractivity contribution < 1.29 is 9.53 Å². The standard InChI is InChI=1S/C20H23NO2/c1-11-7-14(4)18(15(5)8-11)20(6)21-17-10-13(3)12(2)9-16(17)19(22)23-20/h7-10,21H,1-6H3. The first kappa shape index (κ1) is 15.6. The summed E-state index contributed by atoms with van der Waals surface area (Å²) < 4.78 is 5.83. The van der Waals surface area contributed by atoms with Gasteiger partial charge in [0.2, 0.25) is 5.72 Å². The Hall–Kier alpha value is -2.29. The third-order valence-corrected chi connectivity index (χ3v) is 4.68. The third kappa shape index (κ3) is 2.50. The van der Waals surface area contributed by atoms with Gasteiger partial charge in [-0.05, 0) is 75.9 Å². The van der Waals surface area contributed by atoms with Crippen LogP contribution in [0.3, 0.4) is 0 Å². The van der Waals surface area contributed by atoms with Crippen molar-refractivity contribution in [3.05, 3.63) is 63.2 Å². The van der Waals surface area contributed by atoms with E-state index >= 15 is 0 Å². The number of aryl methyl sites for hydroxylation is 5. The summed E-state index contributed by atoms with van der Waals surface area (Å²) >= 11 is 0. The van der Waals surface area contributed by atoms with Gasteiger partial charge < -0.3 is 10.1 Å². The van der Waals surface area contributed by atoms with Crippen LogP contribution in [0.25, 0.3) is 0 Å². The Labute approximate surface area is 137 Å². The topological polar surface area (TPSA) is 38.3 Å². The van der Waals surface area contributed by atoms with Crippen LogP contribution in [-0.4, -0.2) is 5.97 Å². The molecule has 0 aromatic heterocycles. The van der Waals surface area contributed by atoms with Crippen molar-refractivity contribution in [1.29, 1.82) is 0 Å². The Morgan fingerprint density at radius 3 is 2.04 bits per heavy atom. The zero-order valence-electron chi connectivity index (χ0n) is 14.6. The number of anilines is 1. The highest BCUT2D eigenvalue weighted by molar-refractivity contribution is 5.98. The van der Waals surface area contributed by atoms with Crippen LogP contribution in [-0.2, 0) is 10.5 Å². The van der Waals surface area contributed by atoms with Crippen molar-refractivity contribution in [1.82, 2.24) is 0 Å². The lowest BCUT2D eigenvalue weighted by molar-refractivity contribution is -0.00315. The quantitative estimate of drug-likeness (QED) is 0.777. The van der Waals surface area contributed by atoms with E-state index in [1.54, 1.807) is 0 Å². The van der Waals surface area contributed by atoms with Gasteiger partial charge in [0, 0.05) is 5.56 Å². The van der Waals surface area contributed by atoms with Crippen LogP contribution in [0.5, 0.6) is 0 Å². The molecule has 0 saturated carbocycles. The lowest BCUT2D eigenvalue weighted by Gasteiger charge is -2.38. The van der Waals surface area contributed by atoms with Gasteiger partial charge in [-0.3, -0.25) is 0 Å². The molecule has 23 heavy (non-hydrogen) atoms. The average Bonchev–Trinajstić information content (AvgIpc) is 2.39. The summed E-state index contributed by atoms with van der Waals surface area (Å²) in [5, 5.41) is 3.45. The molecule has 0 radical (unpaired) electrons. The number of hydrogen-bond acceptors (Lipinski definition) is 3. The van der Waals surface area contributed by atoms with E-state index in [0.29, 0.717) is 5.56 Å². The molecule has 1 heterocycles. The van der Waals surface area contributed by atoms with Gasteiger partial charge in [-0.15, -0.1) is 0 Å². The van der Waals surface area contributed by atoms with E-state index in [4.69, 9.17) is 4.74 Å². The Balaban J connectivity index is 2.15. The molecule has 0 bridgehead atoms. The van der Waals surface area contributed by atoms with E-state index in [0.717, 1.165) is 33.5 Å². The minimum absolute atomic E-state index is 0.274. The molecule has 1 aliphatic heterocycles. The Morgan fingerprint density at radius 2 is 1.43 bits per heavy atom. The number of nitrogens with one attached hydrogen (secondary N) is 1. The summed E-state index contributed by atoms with van der Waals surface area (Å²) in [4.78, 5) is 12.6. The van der Waals surface area contributed by atoms with Crippen LogP contribution in [0.15, 0.2) is 24.3 Å². The first-order valence-electron chi connectivity index (χ1n) is 7.92. The highest BCUT2D eigenvalue weighted by Gasteiger charge is 2.39. The molecular weight excluding hydrogens is 286 g/mol. The number of fused-ring (bicyclic) bond motifs is 1. The maximum absolute atomic E-state index is 12.6. The van der Waals surface area contributed by atoms with Gasteiger partial charge in [0.25, 0.3) is 0 Å². The maximum Gasteiger partial charge on any atom is 0.342 e. The number of ether oxygens (including phenoxy) is 1. The SMILES string of the molecule is Cc1cc(C)c(C2(C)Nc3cc(C)c(C)cc3C(=O)O2)c(C)c1. The summed E-state index contributed by atoms with van der Waals surface area (Å²) in [6, 6.07) is 8.18. The first-order chi connectivity index (χ1) is 10.7. The second-order valence-corrected chi connectivity index (χ2v) is 6.80. The van der Waals surface area contributed by atoms with Crippen molar-refractivity contribution in [3.63, 3.8) is 0 Å². The highest BCUT2D eigenvalue weighted by atomic mass is 16.6. The van der Waals surface area contributed by atoms with Crippen LogP contribution in [0, 0.1) is 34.6 Å². The minimum atomic E-state index is -0.854. The molecule has 1 N–H and O–H groups in total. The Morgan fingerprint density at radius 1 is 0.870 bits per heavy atom. The minimum Gasteiger partial charge on any atom is -0.431 e. The molecule has 0 saturated heterocycles. The fraction of sp³-hybridized carbons (Fsp3) is 0.350. The van der Waals surface area contributed by atoms with Crippen molar-refractivity contribution in [3.8, 4) is 0 Å². The molecule has 0 amide bonds.